The van der Waals surface area contributed by atoms with Gasteiger partial charge in [-0.2, -0.15) is 0 Å². The fraction of sp³-hybridized carbons (Fsp3) is 0.429. The lowest BCUT2D eigenvalue weighted by molar-refractivity contribution is -0.129. The number of hydrogen-bond acceptors (Lipinski definition) is 3. The summed E-state index contributed by atoms with van der Waals surface area (Å²) in [6.45, 7) is 2.13. The maximum absolute atomic E-state index is 12.0. The topological polar surface area (TPSA) is 67.4 Å². The van der Waals surface area contributed by atoms with Gasteiger partial charge in [-0.3, -0.25) is 9.59 Å². The third-order valence-corrected chi connectivity index (χ3v) is 3.43. The normalized spacial score (nSPS) is 19.9. The van der Waals surface area contributed by atoms with E-state index in [0.29, 0.717) is 30.2 Å². The van der Waals surface area contributed by atoms with Crippen LogP contribution in [-0.2, 0) is 9.59 Å². The van der Waals surface area contributed by atoms with Crippen molar-refractivity contribution < 1.29 is 14.3 Å². The second kappa shape index (κ2) is 6.61. The third kappa shape index (κ3) is 3.87. The van der Waals surface area contributed by atoms with Crippen molar-refractivity contribution in [2.75, 3.05) is 6.54 Å². The van der Waals surface area contributed by atoms with Crippen molar-refractivity contribution in [3.63, 3.8) is 0 Å². The maximum Gasteiger partial charge on any atom is 0.261 e. The molecule has 1 saturated heterocycles. The molecule has 1 aliphatic heterocycles. The van der Waals surface area contributed by atoms with Crippen LogP contribution in [0.5, 0.6) is 5.75 Å². The van der Waals surface area contributed by atoms with Crippen LogP contribution in [0.4, 0.5) is 0 Å². The van der Waals surface area contributed by atoms with E-state index in [9.17, 15) is 9.59 Å². The number of hydrogen-bond donors (Lipinski definition) is 2. The molecule has 0 aromatic heterocycles. The predicted octanol–water partition coefficient (Wildman–Crippen LogP) is 1.50. The molecule has 6 heteroatoms. The van der Waals surface area contributed by atoms with Crippen LogP contribution in [0.3, 0.4) is 0 Å². The Morgan fingerprint density at radius 1 is 1.50 bits per heavy atom. The molecule has 20 heavy (non-hydrogen) atoms. The number of ether oxygens (including phenoxy) is 1. The zero-order chi connectivity index (χ0) is 14.5. The molecule has 1 aromatic rings. The lowest BCUT2D eigenvalue weighted by Crippen LogP contribution is -2.50. The number of carbonyl (C=O) groups is 2. The molecule has 2 unspecified atom stereocenters. The van der Waals surface area contributed by atoms with Gasteiger partial charge in [0.2, 0.25) is 5.91 Å². The van der Waals surface area contributed by atoms with Gasteiger partial charge in [0.25, 0.3) is 5.91 Å². The lowest BCUT2D eigenvalue weighted by Gasteiger charge is -2.25. The van der Waals surface area contributed by atoms with Gasteiger partial charge < -0.3 is 15.4 Å². The molecule has 0 aliphatic carbocycles. The van der Waals surface area contributed by atoms with Gasteiger partial charge in [-0.05, 0) is 25.5 Å². The molecule has 2 N–H and O–H groups in total. The largest absolute Gasteiger partial charge is 0.479 e. The van der Waals surface area contributed by atoms with Crippen molar-refractivity contribution in [2.45, 2.75) is 31.9 Å². The monoisotopic (exact) mass is 296 g/mol. The van der Waals surface area contributed by atoms with Gasteiger partial charge in [-0.1, -0.05) is 23.7 Å². The third-order valence-electron chi connectivity index (χ3n) is 3.12. The number of piperidine rings is 1. The van der Waals surface area contributed by atoms with Crippen LogP contribution >= 0.6 is 11.6 Å². The molecule has 1 fully saturated rings. The molecule has 2 atom stereocenters. The van der Waals surface area contributed by atoms with Crippen LogP contribution in [0.2, 0.25) is 5.02 Å². The van der Waals surface area contributed by atoms with E-state index in [1.165, 1.54) is 0 Å². The standard InChI is InChI=1S/C14H17ClN2O3/c1-9(20-12-5-3-2-4-11(12)15)14(19)17-10-6-7-13(18)16-8-10/h2-5,9-10H,6-8H2,1H3,(H,16,18)(H,17,19). The van der Waals surface area contributed by atoms with E-state index >= 15 is 0 Å². The van der Waals surface area contributed by atoms with Gasteiger partial charge in [0.15, 0.2) is 6.10 Å². The summed E-state index contributed by atoms with van der Waals surface area (Å²) in [6.07, 6.45) is 0.439. The minimum absolute atomic E-state index is 0.0239. The first-order valence-corrected chi connectivity index (χ1v) is 6.92. The Labute approximate surface area is 122 Å². The fourth-order valence-electron chi connectivity index (χ4n) is 1.96. The Bertz CT molecular complexity index is 497. The first-order valence-electron chi connectivity index (χ1n) is 6.54. The number of halogens is 1. The van der Waals surface area contributed by atoms with Crippen LogP contribution in [-0.4, -0.2) is 30.5 Å². The highest BCUT2D eigenvalue weighted by atomic mass is 35.5. The Balaban J connectivity index is 1.86. The Hall–Kier alpha value is -1.75. The second-order valence-corrected chi connectivity index (χ2v) is 5.15. The van der Waals surface area contributed by atoms with Gasteiger partial charge in [-0.15, -0.1) is 0 Å². The minimum atomic E-state index is -0.646. The molecule has 1 aliphatic rings. The van der Waals surface area contributed by atoms with E-state index in [4.69, 9.17) is 16.3 Å². The Morgan fingerprint density at radius 2 is 2.25 bits per heavy atom. The van der Waals surface area contributed by atoms with Crippen molar-refractivity contribution in [1.82, 2.24) is 10.6 Å². The van der Waals surface area contributed by atoms with Gasteiger partial charge >= 0.3 is 0 Å². The molecule has 5 nitrogen and oxygen atoms in total. The number of benzene rings is 1. The second-order valence-electron chi connectivity index (χ2n) is 4.74. The SMILES string of the molecule is CC(Oc1ccccc1Cl)C(=O)NC1CCC(=O)NC1. The summed E-state index contributed by atoms with van der Waals surface area (Å²) in [6, 6.07) is 6.97. The maximum atomic E-state index is 12.0. The smallest absolute Gasteiger partial charge is 0.261 e. The van der Waals surface area contributed by atoms with Crippen molar-refractivity contribution in [3.8, 4) is 5.75 Å². The van der Waals surface area contributed by atoms with E-state index < -0.39 is 6.10 Å². The summed E-state index contributed by atoms with van der Waals surface area (Å²) >= 11 is 5.98. The highest BCUT2D eigenvalue weighted by Crippen LogP contribution is 2.24. The van der Waals surface area contributed by atoms with Crippen LogP contribution < -0.4 is 15.4 Å². The van der Waals surface area contributed by atoms with Crippen molar-refractivity contribution in [2.24, 2.45) is 0 Å². The van der Waals surface area contributed by atoms with E-state index in [-0.39, 0.29) is 17.9 Å². The summed E-state index contributed by atoms with van der Waals surface area (Å²) in [5, 5.41) is 6.05. The van der Waals surface area contributed by atoms with E-state index in [2.05, 4.69) is 10.6 Å². The van der Waals surface area contributed by atoms with Crippen molar-refractivity contribution in [3.05, 3.63) is 29.3 Å². The number of amides is 2. The minimum Gasteiger partial charge on any atom is -0.479 e. The Morgan fingerprint density at radius 3 is 2.90 bits per heavy atom. The highest BCUT2D eigenvalue weighted by Gasteiger charge is 2.23. The first kappa shape index (κ1) is 14.7. The molecule has 2 amide bonds. The van der Waals surface area contributed by atoms with Crippen molar-refractivity contribution in [1.29, 1.82) is 0 Å². The number of rotatable bonds is 4. The molecule has 108 valence electrons. The Kier molecular flexibility index (Phi) is 4.84. The molecule has 0 radical (unpaired) electrons. The average molecular weight is 297 g/mol. The summed E-state index contributed by atoms with van der Waals surface area (Å²) < 4.78 is 5.54. The van der Waals surface area contributed by atoms with Crippen LogP contribution in [0.25, 0.3) is 0 Å². The summed E-state index contributed by atoms with van der Waals surface area (Å²) in [7, 11) is 0. The fourth-order valence-corrected chi connectivity index (χ4v) is 2.14. The molecule has 0 bridgehead atoms. The number of para-hydroxylation sites is 1. The molecule has 1 aromatic carbocycles. The van der Waals surface area contributed by atoms with Crippen LogP contribution in [0, 0.1) is 0 Å². The van der Waals surface area contributed by atoms with Crippen LogP contribution in [0.15, 0.2) is 24.3 Å². The van der Waals surface area contributed by atoms with Gasteiger partial charge in [0.05, 0.1) is 5.02 Å². The number of carbonyl (C=O) groups excluding carboxylic acids is 2. The first-order chi connectivity index (χ1) is 9.56. The summed E-state index contributed by atoms with van der Waals surface area (Å²) in [4.78, 5) is 23.1. The van der Waals surface area contributed by atoms with E-state index in [0.717, 1.165) is 0 Å². The predicted molar refractivity (Wildman–Crippen MR) is 75.7 cm³/mol. The molecule has 0 saturated carbocycles. The zero-order valence-corrected chi connectivity index (χ0v) is 11.9. The average Bonchev–Trinajstić information content (AvgIpc) is 2.44. The molecule has 0 spiro atoms. The molecular formula is C14H17ClN2O3. The molecular weight excluding hydrogens is 280 g/mol. The summed E-state index contributed by atoms with van der Waals surface area (Å²) in [5.41, 5.74) is 0. The van der Waals surface area contributed by atoms with Gasteiger partial charge in [-0.25, -0.2) is 0 Å². The quantitative estimate of drug-likeness (QED) is 0.885. The molecule has 1 heterocycles. The van der Waals surface area contributed by atoms with Gasteiger partial charge in [0.1, 0.15) is 5.75 Å². The number of nitrogens with one attached hydrogen (secondary N) is 2. The summed E-state index contributed by atoms with van der Waals surface area (Å²) in [5.74, 6) is 0.288. The molecule has 2 rings (SSSR count). The van der Waals surface area contributed by atoms with E-state index in [1.807, 2.05) is 0 Å². The van der Waals surface area contributed by atoms with E-state index in [1.54, 1.807) is 31.2 Å². The zero-order valence-electron chi connectivity index (χ0n) is 11.2. The van der Waals surface area contributed by atoms with Crippen molar-refractivity contribution >= 4 is 23.4 Å². The van der Waals surface area contributed by atoms with Crippen LogP contribution in [0.1, 0.15) is 19.8 Å². The lowest BCUT2D eigenvalue weighted by atomic mass is 10.1. The van der Waals surface area contributed by atoms with Gasteiger partial charge in [0, 0.05) is 19.0 Å². The highest BCUT2D eigenvalue weighted by molar-refractivity contribution is 6.32.